The molecule has 0 spiro atoms. The van der Waals surface area contributed by atoms with E-state index >= 15 is 0 Å². The summed E-state index contributed by atoms with van der Waals surface area (Å²) in [6, 6.07) is 16.2. The molecule has 2 aromatic carbocycles. The Bertz CT molecular complexity index is 595. The van der Waals surface area contributed by atoms with Gasteiger partial charge in [0.05, 0.1) is 5.02 Å². The number of benzene rings is 2. The molecule has 0 saturated heterocycles. The van der Waals surface area contributed by atoms with Crippen LogP contribution in [0.5, 0.6) is 0 Å². The average Bonchev–Trinajstić information content (AvgIpc) is 3.32. The van der Waals surface area contributed by atoms with Gasteiger partial charge in [-0.2, -0.15) is 0 Å². The zero-order valence-electron chi connectivity index (χ0n) is 11.9. The summed E-state index contributed by atoms with van der Waals surface area (Å²) in [4.78, 5) is 0. The molecule has 0 aromatic heterocycles. The van der Waals surface area contributed by atoms with Crippen LogP contribution in [0, 0.1) is 5.82 Å². The number of nitrogens with one attached hydrogen (secondary N) is 1. The Kier molecular flexibility index (Phi) is 4.57. The lowest BCUT2D eigenvalue weighted by molar-refractivity contribution is 0.576. The van der Waals surface area contributed by atoms with E-state index in [1.165, 1.54) is 24.5 Å². The Balaban J connectivity index is 1.75. The van der Waals surface area contributed by atoms with Gasteiger partial charge in [-0.15, -0.1) is 0 Å². The third-order valence-corrected chi connectivity index (χ3v) is 4.26. The maximum Gasteiger partial charge on any atom is 0.141 e. The van der Waals surface area contributed by atoms with E-state index in [-0.39, 0.29) is 10.8 Å². The highest BCUT2D eigenvalue weighted by Crippen LogP contribution is 2.25. The standard InChI is InChI=1S/C18H19ClFN/c19-17-11-13(6-9-18(17)20)10-15(12-21-16-7-8-16)14-4-2-1-3-5-14/h1-6,9,11,15-16,21H,7-8,10,12H2. The smallest absolute Gasteiger partial charge is 0.141 e. The van der Waals surface area contributed by atoms with Crippen molar-refractivity contribution in [2.75, 3.05) is 6.54 Å². The second-order valence-electron chi connectivity index (χ2n) is 5.74. The van der Waals surface area contributed by atoms with Gasteiger partial charge in [0.15, 0.2) is 0 Å². The molecule has 3 heteroatoms. The zero-order chi connectivity index (χ0) is 14.7. The molecule has 1 unspecified atom stereocenters. The van der Waals surface area contributed by atoms with Crippen LogP contribution in [0.1, 0.15) is 29.9 Å². The predicted molar refractivity (Wildman–Crippen MR) is 85.3 cm³/mol. The minimum Gasteiger partial charge on any atom is -0.313 e. The largest absolute Gasteiger partial charge is 0.313 e. The third kappa shape index (κ3) is 4.05. The molecule has 21 heavy (non-hydrogen) atoms. The lowest BCUT2D eigenvalue weighted by atomic mass is 9.92. The average molecular weight is 304 g/mol. The lowest BCUT2D eigenvalue weighted by Gasteiger charge is -2.18. The van der Waals surface area contributed by atoms with Crippen molar-refractivity contribution in [3.05, 3.63) is 70.5 Å². The van der Waals surface area contributed by atoms with Crippen molar-refractivity contribution < 1.29 is 4.39 Å². The summed E-state index contributed by atoms with van der Waals surface area (Å²) in [6.07, 6.45) is 3.43. The second kappa shape index (κ2) is 6.59. The SMILES string of the molecule is Fc1ccc(CC(CNC2CC2)c2ccccc2)cc1Cl. The van der Waals surface area contributed by atoms with Crippen LogP contribution in [0.4, 0.5) is 4.39 Å². The first-order chi connectivity index (χ1) is 10.2. The van der Waals surface area contributed by atoms with E-state index in [2.05, 4.69) is 29.6 Å². The molecule has 0 heterocycles. The Hall–Kier alpha value is -1.38. The normalized spacial score (nSPS) is 15.9. The van der Waals surface area contributed by atoms with Crippen molar-refractivity contribution in [3.8, 4) is 0 Å². The maximum atomic E-state index is 13.3. The van der Waals surface area contributed by atoms with Crippen molar-refractivity contribution in [1.29, 1.82) is 0 Å². The Labute approximate surface area is 130 Å². The topological polar surface area (TPSA) is 12.0 Å². The molecule has 1 aliphatic carbocycles. The molecular weight excluding hydrogens is 285 g/mol. The molecule has 0 amide bonds. The van der Waals surface area contributed by atoms with Crippen LogP contribution in [0.15, 0.2) is 48.5 Å². The molecule has 2 aromatic rings. The predicted octanol–water partition coefficient (Wildman–Crippen LogP) is 4.56. The molecule has 110 valence electrons. The van der Waals surface area contributed by atoms with Crippen LogP contribution in [-0.4, -0.2) is 12.6 Å². The molecule has 0 radical (unpaired) electrons. The Morgan fingerprint density at radius 3 is 2.57 bits per heavy atom. The molecule has 0 bridgehead atoms. The van der Waals surface area contributed by atoms with Crippen molar-refractivity contribution in [2.45, 2.75) is 31.2 Å². The first-order valence-electron chi connectivity index (χ1n) is 7.44. The molecule has 1 aliphatic rings. The molecule has 3 rings (SSSR count). The van der Waals surface area contributed by atoms with Gasteiger partial charge in [0.1, 0.15) is 5.82 Å². The van der Waals surface area contributed by atoms with E-state index in [4.69, 9.17) is 11.6 Å². The highest BCUT2D eigenvalue weighted by molar-refractivity contribution is 6.30. The molecule has 0 aliphatic heterocycles. The van der Waals surface area contributed by atoms with Gasteiger partial charge >= 0.3 is 0 Å². The number of halogens is 2. The van der Waals surface area contributed by atoms with Crippen LogP contribution in [0.2, 0.25) is 5.02 Å². The van der Waals surface area contributed by atoms with Gasteiger partial charge in [-0.25, -0.2) is 4.39 Å². The van der Waals surface area contributed by atoms with Gasteiger partial charge in [-0.1, -0.05) is 48.0 Å². The van der Waals surface area contributed by atoms with E-state index in [1.54, 1.807) is 6.07 Å². The van der Waals surface area contributed by atoms with Gasteiger partial charge in [0.2, 0.25) is 0 Å². The molecule has 1 fully saturated rings. The van der Waals surface area contributed by atoms with Gasteiger partial charge in [0, 0.05) is 18.5 Å². The van der Waals surface area contributed by atoms with Crippen LogP contribution in [-0.2, 0) is 6.42 Å². The van der Waals surface area contributed by atoms with Crippen molar-refractivity contribution in [1.82, 2.24) is 5.32 Å². The maximum absolute atomic E-state index is 13.3. The van der Waals surface area contributed by atoms with E-state index in [9.17, 15) is 4.39 Å². The molecule has 1 nitrogen and oxygen atoms in total. The third-order valence-electron chi connectivity index (χ3n) is 3.97. The lowest BCUT2D eigenvalue weighted by Crippen LogP contribution is -2.24. The van der Waals surface area contributed by atoms with Gasteiger partial charge in [0.25, 0.3) is 0 Å². The summed E-state index contributed by atoms with van der Waals surface area (Å²) < 4.78 is 13.3. The minimum absolute atomic E-state index is 0.203. The summed E-state index contributed by atoms with van der Waals surface area (Å²) in [6.45, 7) is 0.948. The fourth-order valence-corrected chi connectivity index (χ4v) is 2.78. The second-order valence-corrected chi connectivity index (χ2v) is 6.15. The molecule has 1 N–H and O–H groups in total. The number of hydrogen-bond donors (Lipinski definition) is 1. The first-order valence-corrected chi connectivity index (χ1v) is 7.82. The Morgan fingerprint density at radius 1 is 1.14 bits per heavy atom. The van der Waals surface area contributed by atoms with Crippen LogP contribution < -0.4 is 5.32 Å². The highest BCUT2D eigenvalue weighted by atomic mass is 35.5. The van der Waals surface area contributed by atoms with Gasteiger partial charge < -0.3 is 5.32 Å². The van der Waals surface area contributed by atoms with Crippen molar-refractivity contribution in [3.63, 3.8) is 0 Å². The quantitative estimate of drug-likeness (QED) is 0.825. The van der Waals surface area contributed by atoms with E-state index in [1.807, 2.05) is 12.1 Å². The van der Waals surface area contributed by atoms with Crippen LogP contribution >= 0.6 is 11.6 Å². The van der Waals surface area contributed by atoms with E-state index in [0.717, 1.165) is 18.5 Å². The Morgan fingerprint density at radius 2 is 1.90 bits per heavy atom. The highest BCUT2D eigenvalue weighted by Gasteiger charge is 2.22. The van der Waals surface area contributed by atoms with Crippen LogP contribution in [0.3, 0.4) is 0 Å². The fourth-order valence-electron chi connectivity index (χ4n) is 2.58. The van der Waals surface area contributed by atoms with Crippen molar-refractivity contribution >= 4 is 11.6 Å². The van der Waals surface area contributed by atoms with E-state index in [0.29, 0.717) is 12.0 Å². The van der Waals surface area contributed by atoms with Crippen molar-refractivity contribution in [2.24, 2.45) is 0 Å². The molecule has 1 saturated carbocycles. The van der Waals surface area contributed by atoms with E-state index < -0.39 is 0 Å². The monoisotopic (exact) mass is 303 g/mol. The fraction of sp³-hybridized carbons (Fsp3) is 0.333. The molecule has 1 atom stereocenters. The number of rotatable bonds is 6. The summed E-state index contributed by atoms with van der Waals surface area (Å²) >= 11 is 5.89. The van der Waals surface area contributed by atoms with Crippen LogP contribution in [0.25, 0.3) is 0 Å². The minimum atomic E-state index is -0.354. The number of hydrogen-bond acceptors (Lipinski definition) is 1. The summed E-state index contributed by atoms with van der Waals surface area (Å²) in [7, 11) is 0. The first kappa shape index (κ1) is 14.6. The summed E-state index contributed by atoms with van der Waals surface area (Å²) in [5.41, 5.74) is 2.39. The zero-order valence-corrected chi connectivity index (χ0v) is 12.6. The summed E-state index contributed by atoms with van der Waals surface area (Å²) in [5, 5.41) is 3.80. The van der Waals surface area contributed by atoms with Gasteiger partial charge in [-0.3, -0.25) is 0 Å². The molecular formula is C18H19ClFN. The summed E-state index contributed by atoms with van der Waals surface area (Å²) in [5.74, 6) is 0.0288. The van der Waals surface area contributed by atoms with Gasteiger partial charge in [-0.05, 0) is 42.5 Å².